The van der Waals surface area contributed by atoms with Gasteiger partial charge >= 0.3 is 12.1 Å². The minimum Gasteiger partial charge on any atom is -0.339 e. The van der Waals surface area contributed by atoms with Crippen LogP contribution in [-0.2, 0) is 22.7 Å². The van der Waals surface area contributed by atoms with Gasteiger partial charge in [0.25, 0.3) is 0 Å². The Labute approximate surface area is 201 Å². The molecule has 1 fully saturated rings. The third kappa shape index (κ3) is 3.92. The molecule has 0 amide bonds. The van der Waals surface area contributed by atoms with E-state index in [2.05, 4.69) is 20.1 Å². The van der Waals surface area contributed by atoms with Gasteiger partial charge in [-0.05, 0) is 31.0 Å². The van der Waals surface area contributed by atoms with Crippen molar-refractivity contribution < 1.29 is 30.7 Å². The number of aryl methyl sites for hydroxylation is 1. The Morgan fingerprint density at radius 1 is 1.14 bits per heavy atom. The molecule has 1 atom stereocenters. The summed E-state index contributed by atoms with van der Waals surface area (Å²) < 4.78 is 94.6. The van der Waals surface area contributed by atoms with Crippen LogP contribution in [-0.4, -0.2) is 40.8 Å². The summed E-state index contributed by atoms with van der Waals surface area (Å²) in [5, 5.41) is 3.95. The van der Waals surface area contributed by atoms with E-state index < -0.39 is 27.4 Å². The second-order valence-electron chi connectivity index (χ2n) is 8.56. The van der Waals surface area contributed by atoms with E-state index in [1.165, 1.54) is 29.9 Å². The second-order valence-corrected chi connectivity index (χ2v) is 10.9. The molecule has 4 aromatic rings. The highest BCUT2D eigenvalue weighted by Gasteiger charge is 2.59. The number of pyridine rings is 2. The molecule has 1 saturated carbocycles. The molecule has 0 radical (unpaired) electrons. The number of nitrogens with one attached hydrogen (secondary N) is 1. The number of rotatable bonds is 6. The standard InChI is InChI=1S/C22H19F5N6O2S/c1-3-36(28,34)16-8-13(18-31-20(35-32-18)11-4-5-11)9-29-17(16)15-7-12-6-14(10-30-19(12)33(15)2)21(23,24)22(25,26)27/h6-11,28H,3-5H2,1-2H3. The van der Waals surface area contributed by atoms with E-state index in [4.69, 9.17) is 9.30 Å². The molecular weight excluding hydrogens is 507 g/mol. The second kappa shape index (κ2) is 8.05. The van der Waals surface area contributed by atoms with Gasteiger partial charge in [-0.25, -0.2) is 14.0 Å². The lowest BCUT2D eigenvalue weighted by molar-refractivity contribution is -0.289. The molecule has 190 valence electrons. The van der Waals surface area contributed by atoms with Crippen molar-refractivity contribution >= 4 is 20.8 Å². The van der Waals surface area contributed by atoms with Crippen LogP contribution in [0.3, 0.4) is 0 Å². The summed E-state index contributed by atoms with van der Waals surface area (Å²) in [6.45, 7) is 1.57. The van der Waals surface area contributed by atoms with Crippen LogP contribution in [0.25, 0.3) is 33.8 Å². The molecule has 0 saturated heterocycles. The number of halogens is 5. The van der Waals surface area contributed by atoms with E-state index in [-0.39, 0.29) is 44.8 Å². The molecule has 0 aliphatic heterocycles. The Hall–Kier alpha value is -3.42. The summed E-state index contributed by atoms with van der Waals surface area (Å²) in [6.07, 6.45) is -2.00. The highest BCUT2D eigenvalue weighted by Crippen LogP contribution is 2.44. The SMILES string of the molecule is CCS(=N)(=O)c1cc(-c2noc(C3CC3)n2)cnc1-c1cc2cc(C(F)(F)C(F)(F)F)cnc2n1C. The van der Waals surface area contributed by atoms with Crippen LogP contribution >= 0.6 is 0 Å². The molecule has 36 heavy (non-hydrogen) atoms. The smallest absolute Gasteiger partial charge is 0.339 e. The van der Waals surface area contributed by atoms with Crippen LogP contribution in [0.2, 0.25) is 0 Å². The molecule has 0 bridgehead atoms. The van der Waals surface area contributed by atoms with E-state index >= 15 is 0 Å². The molecule has 14 heteroatoms. The van der Waals surface area contributed by atoms with Crippen molar-refractivity contribution in [1.82, 2.24) is 24.7 Å². The lowest BCUT2D eigenvalue weighted by Crippen LogP contribution is -2.33. The summed E-state index contributed by atoms with van der Waals surface area (Å²) in [7, 11) is -1.84. The van der Waals surface area contributed by atoms with Gasteiger partial charge in [0, 0.05) is 47.6 Å². The number of hydrogen-bond acceptors (Lipinski definition) is 7. The van der Waals surface area contributed by atoms with E-state index in [9.17, 15) is 26.2 Å². The highest BCUT2D eigenvalue weighted by atomic mass is 32.2. The van der Waals surface area contributed by atoms with Crippen molar-refractivity contribution in [2.75, 3.05) is 5.75 Å². The van der Waals surface area contributed by atoms with Crippen LogP contribution in [0.15, 0.2) is 40.0 Å². The van der Waals surface area contributed by atoms with Crippen molar-refractivity contribution in [2.45, 2.75) is 42.7 Å². The Morgan fingerprint density at radius 2 is 1.86 bits per heavy atom. The highest BCUT2D eigenvalue weighted by molar-refractivity contribution is 7.92. The van der Waals surface area contributed by atoms with Crippen LogP contribution in [0.1, 0.15) is 37.1 Å². The first-order chi connectivity index (χ1) is 16.8. The zero-order valence-corrected chi connectivity index (χ0v) is 19.8. The van der Waals surface area contributed by atoms with Crippen molar-refractivity contribution in [3.8, 4) is 22.8 Å². The topological polar surface area (TPSA) is 111 Å². The average Bonchev–Trinajstić information content (AvgIpc) is 3.47. The average molecular weight is 526 g/mol. The van der Waals surface area contributed by atoms with Gasteiger partial charge in [0.2, 0.25) is 11.7 Å². The number of aromatic nitrogens is 5. The lowest BCUT2D eigenvalue weighted by Gasteiger charge is -2.19. The van der Waals surface area contributed by atoms with E-state index in [1.54, 1.807) is 6.92 Å². The summed E-state index contributed by atoms with van der Waals surface area (Å²) in [6, 6.07) is 3.51. The molecule has 1 unspecified atom stereocenters. The summed E-state index contributed by atoms with van der Waals surface area (Å²) in [5.74, 6) is -4.21. The molecular formula is C22H19F5N6O2S. The maximum Gasteiger partial charge on any atom is 0.458 e. The molecule has 5 rings (SSSR count). The first kappa shape index (κ1) is 24.3. The molecule has 0 aromatic carbocycles. The van der Waals surface area contributed by atoms with E-state index in [1.807, 2.05) is 0 Å². The van der Waals surface area contributed by atoms with Gasteiger partial charge in [0.1, 0.15) is 11.3 Å². The summed E-state index contributed by atoms with van der Waals surface area (Å²) in [5.41, 5.74) is -0.460. The molecule has 1 aliphatic rings. The fourth-order valence-corrected chi connectivity index (χ4v) is 4.89. The zero-order chi connectivity index (χ0) is 26.0. The first-order valence-corrected chi connectivity index (χ1v) is 12.6. The predicted octanol–water partition coefficient (Wildman–Crippen LogP) is 5.64. The Bertz CT molecular complexity index is 1590. The van der Waals surface area contributed by atoms with Gasteiger partial charge < -0.3 is 9.09 Å². The largest absolute Gasteiger partial charge is 0.458 e. The Kier molecular flexibility index (Phi) is 5.43. The van der Waals surface area contributed by atoms with Gasteiger partial charge in [0.05, 0.1) is 20.3 Å². The van der Waals surface area contributed by atoms with Crippen molar-refractivity contribution in [1.29, 1.82) is 4.78 Å². The molecule has 1 aliphatic carbocycles. The van der Waals surface area contributed by atoms with E-state index in [0.29, 0.717) is 23.7 Å². The number of nitrogens with zero attached hydrogens (tertiary/aromatic N) is 5. The monoisotopic (exact) mass is 526 g/mol. The maximum absolute atomic E-state index is 13.9. The summed E-state index contributed by atoms with van der Waals surface area (Å²) >= 11 is 0. The van der Waals surface area contributed by atoms with Crippen LogP contribution in [0, 0.1) is 4.78 Å². The molecule has 4 aromatic heterocycles. The quantitative estimate of drug-likeness (QED) is 0.326. The van der Waals surface area contributed by atoms with E-state index in [0.717, 1.165) is 12.8 Å². The van der Waals surface area contributed by atoms with Gasteiger partial charge in [-0.1, -0.05) is 12.1 Å². The third-order valence-electron chi connectivity index (χ3n) is 6.07. The fourth-order valence-electron chi connectivity index (χ4n) is 3.80. The minimum atomic E-state index is -5.78. The molecule has 1 N–H and O–H groups in total. The van der Waals surface area contributed by atoms with Crippen LogP contribution in [0.5, 0.6) is 0 Å². The van der Waals surface area contributed by atoms with Crippen molar-refractivity contribution in [3.63, 3.8) is 0 Å². The Morgan fingerprint density at radius 3 is 2.50 bits per heavy atom. The Balaban J connectivity index is 1.65. The minimum absolute atomic E-state index is 0.00553. The summed E-state index contributed by atoms with van der Waals surface area (Å²) in [4.78, 5) is 12.6. The van der Waals surface area contributed by atoms with Gasteiger partial charge in [-0.2, -0.15) is 26.9 Å². The fraction of sp³-hybridized carbons (Fsp3) is 0.364. The van der Waals surface area contributed by atoms with Crippen LogP contribution in [0.4, 0.5) is 22.0 Å². The normalized spacial score (nSPS) is 16.4. The first-order valence-electron chi connectivity index (χ1n) is 10.8. The maximum atomic E-state index is 13.9. The van der Waals surface area contributed by atoms with Crippen molar-refractivity contribution in [2.24, 2.45) is 7.05 Å². The lowest BCUT2D eigenvalue weighted by atomic mass is 10.1. The van der Waals surface area contributed by atoms with Crippen LogP contribution < -0.4 is 0 Å². The molecule has 0 spiro atoms. The number of alkyl halides is 5. The third-order valence-corrected chi connectivity index (χ3v) is 7.90. The number of hydrogen-bond donors (Lipinski definition) is 1. The predicted molar refractivity (Wildman–Crippen MR) is 119 cm³/mol. The van der Waals surface area contributed by atoms with Crippen molar-refractivity contribution in [3.05, 3.63) is 42.0 Å². The molecule has 4 heterocycles. The van der Waals surface area contributed by atoms with Gasteiger partial charge in [-0.3, -0.25) is 4.98 Å². The van der Waals surface area contributed by atoms with Gasteiger partial charge in [0.15, 0.2) is 0 Å². The zero-order valence-electron chi connectivity index (χ0n) is 18.9. The number of fused-ring (bicyclic) bond motifs is 1. The molecule has 8 nitrogen and oxygen atoms in total. The van der Waals surface area contributed by atoms with Gasteiger partial charge in [-0.15, -0.1) is 0 Å².